The predicted molar refractivity (Wildman–Crippen MR) is 106 cm³/mol. The maximum Gasteiger partial charge on any atom is 0.328 e. The van der Waals surface area contributed by atoms with Crippen molar-refractivity contribution in [1.29, 1.82) is 0 Å². The molecule has 3 aromatic carbocycles. The second-order valence-electron chi connectivity index (χ2n) is 5.84. The van der Waals surface area contributed by atoms with Crippen LogP contribution in [0.5, 0.6) is 11.8 Å². The van der Waals surface area contributed by atoms with Crippen LogP contribution < -0.4 is 10.1 Å². The van der Waals surface area contributed by atoms with Gasteiger partial charge in [-0.25, -0.2) is 4.39 Å². The van der Waals surface area contributed by atoms with Crippen LogP contribution in [0.25, 0.3) is 11.1 Å². The van der Waals surface area contributed by atoms with Crippen molar-refractivity contribution >= 4 is 23.2 Å². The molecule has 0 spiro atoms. The lowest BCUT2D eigenvalue weighted by molar-refractivity contribution is 0.440. The Morgan fingerprint density at radius 1 is 0.786 bits per heavy atom. The van der Waals surface area contributed by atoms with Crippen molar-refractivity contribution in [3.05, 3.63) is 90.0 Å². The van der Waals surface area contributed by atoms with Crippen LogP contribution in [-0.4, -0.2) is 15.0 Å². The second kappa shape index (κ2) is 8.02. The smallest absolute Gasteiger partial charge is 0.328 e. The zero-order chi connectivity index (χ0) is 19.3. The number of nitrogens with zero attached hydrogens (tertiary/aromatic N) is 3. The van der Waals surface area contributed by atoms with Crippen molar-refractivity contribution in [3.63, 3.8) is 0 Å². The average Bonchev–Trinajstić information content (AvgIpc) is 2.69. The minimum absolute atomic E-state index is 0.0337. The van der Waals surface area contributed by atoms with E-state index in [2.05, 4.69) is 20.3 Å². The highest BCUT2D eigenvalue weighted by Crippen LogP contribution is 2.25. The van der Waals surface area contributed by atoms with Crippen LogP contribution in [0.3, 0.4) is 0 Å². The third-order valence-electron chi connectivity index (χ3n) is 3.84. The molecule has 138 valence electrons. The number of hydrogen-bond acceptors (Lipinski definition) is 5. The Hall–Kier alpha value is -3.51. The molecule has 0 bridgehead atoms. The summed E-state index contributed by atoms with van der Waals surface area (Å²) in [6.45, 7) is 0. The van der Waals surface area contributed by atoms with Crippen LogP contribution in [0.1, 0.15) is 0 Å². The summed E-state index contributed by atoms with van der Waals surface area (Å²) >= 11 is 5.96. The van der Waals surface area contributed by atoms with E-state index >= 15 is 0 Å². The number of rotatable bonds is 5. The van der Waals surface area contributed by atoms with Crippen LogP contribution in [-0.2, 0) is 0 Å². The molecule has 0 aliphatic heterocycles. The molecule has 0 saturated heterocycles. The molecule has 0 aliphatic rings. The molecule has 7 heteroatoms. The van der Waals surface area contributed by atoms with Gasteiger partial charge in [0.1, 0.15) is 11.6 Å². The van der Waals surface area contributed by atoms with Crippen molar-refractivity contribution in [3.8, 4) is 22.9 Å². The van der Waals surface area contributed by atoms with Gasteiger partial charge >= 0.3 is 6.01 Å². The molecule has 0 atom stereocenters. The lowest BCUT2D eigenvalue weighted by Gasteiger charge is -2.08. The fourth-order valence-corrected chi connectivity index (χ4v) is 2.73. The highest BCUT2D eigenvalue weighted by Gasteiger charge is 2.08. The third kappa shape index (κ3) is 4.42. The number of halogens is 2. The first kappa shape index (κ1) is 17.9. The molecule has 5 nitrogen and oxygen atoms in total. The van der Waals surface area contributed by atoms with E-state index < -0.39 is 0 Å². The SMILES string of the molecule is Fc1cccc(Nc2nc(Cl)nc(Oc3ccc(-c4ccccc4)cc3)n2)c1. The summed E-state index contributed by atoms with van der Waals surface area (Å²) in [5, 5.41) is 2.84. The van der Waals surface area contributed by atoms with Crippen LogP contribution in [0.15, 0.2) is 78.9 Å². The molecule has 4 rings (SSSR count). The summed E-state index contributed by atoms with van der Waals surface area (Å²) in [7, 11) is 0. The summed E-state index contributed by atoms with van der Waals surface area (Å²) in [6.07, 6.45) is 0. The monoisotopic (exact) mass is 392 g/mol. The Morgan fingerprint density at radius 3 is 2.29 bits per heavy atom. The molecular weight excluding hydrogens is 379 g/mol. The normalized spacial score (nSPS) is 10.5. The molecule has 1 aromatic heterocycles. The standard InChI is InChI=1S/C21H14ClFN4O/c22-19-25-20(24-17-8-4-7-16(23)13-17)27-21(26-19)28-18-11-9-15(10-12-18)14-5-2-1-3-6-14/h1-13H,(H,24,25,26,27). The van der Waals surface area contributed by atoms with Crippen LogP contribution in [0, 0.1) is 5.82 Å². The van der Waals surface area contributed by atoms with Gasteiger partial charge in [-0.1, -0.05) is 48.5 Å². The lowest BCUT2D eigenvalue weighted by Crippen LogP contribution is -2.01. The summed E-state index contributed by atoms with van der Waals surface area (Å²) in [6, 6.07) is 23.5. The number of ether oxygens (including phenoxy) is 1. The van der Waals surface area contributed by atoms with Gasteiger partial charge in [0.2, 0.25) is 11.2 Å². The van der Waals surface area contributed by atoms with E-state index in [-0.39, 0.29) is 23.1 Å². The van der Waals surface area contributed by atoms with Crippen LogP contribution in [0.4, 0.5) is 16.0 Å². The van der Waals surface area contributed by atoms with Gasteiger partial charge in [0.15, 0.2) is 0 Å². The third-order valence-corrected chi connectivity index (χ3v) is 4.01. The number of hydrogen-bond donors (Lipinski definition) is 1. The van der Waals surface area contributed by atoms with E-state index in [1.807, 2.05) is 54.6 Å². The summed E-state index contributed by atoms with van der Waals surface area (Å²) in [5.74, 6) is 0.334. The summed E-state index contributed by atoms with van der Waals surface area (Å²) < 4.78 is 19.0. The molecule has 0 fully saturated rings. The minimum atomic E-state index is -0.375. The van der Waals surface area contributed by atoms with Gasteiger partial charge in [0.05, 0.1) is 0 Å². The molecule has 28 heavy (non-hydrogen) atoms. The largest absolute Gasteiger partial charge is 0.424 e. The second-order valence-corrected chi connectivity index (χ2v) is 6.18. The number of nitrogens with one attached hydrogen (secondary N) is 1. The predicted octanol–water partition coefficient (Wildman–Crippen LogP) is 5.87. The van der Waals surface area contributed by atoms with Gasteiger partial charge in [-0.3, -0.25) is 0 Å². The maximum atomic E-state index is 13.3. The van der Waals surface area contributed by atoms with Crippen molar-refractivity contribution < 1.29 is 9.13 Å². The topological polar surface area (TPSA) is 59.9 Å². The first-order valence-electron chi connectivity index (χ1n) is 8.43. The zero-order valence-corrected chi connectivity index (χ0v) is 15.3. The average molecular weight is 393 g/mol. The first-order valence-corrected chi connectivity index (χ1v) is 8.81. The molecule has 0 amide bonds. The Balaban J connectivity index is 1.52. The van der Waals surface area contributed by atoms with Gasteiger partial charge in [0.25, 0.3) is 0 Å². The molecule has 1 N–H and O–H groups in total. The molecule has 0 radical (unpaired) electrons. The van der Waals surface area contributed by atoms with Gasteiger partial charge in [-0.2, -0.15) is 15.0 Å². The van der Waals surface area contributed by atoms with E-state index in [9.17, 15) is 4.39 Å². The van der Waals surface area contributed by atoms with Gasteiger partial charge < -0.3 is 10.1 Å². The first-order chi connectivity index (χ1) is 13.7. The van der Waals surface area contributed by atoms with Crippen LogP contribution in [0.2, 0.25) is 5.28 Å². The Morgan fingerprint density at radius 2 is 1.54 bits per heavy atom. The van der Waals surface area contributed by atoms with Gasteiger partial charge in [-0.15, -0.1) is 0 Å². The lowest BCUT2D eigenvalue weighted by atomic mass is 10.1. The van der Waals surface area contributed by atoms with E-state index in [0.717, 1.165) is 11.1 Å². The molecule has 0 aliphatic carbocycles. The molecule has 4 aromatic rings. The minimum Gasteiger partial charge on any atom is -0.424 e. The number of anilines is 2. The molecule has 0 saturated carbocycles. The number of aromatic nitrogens is 3. The highest BCUT2D eigenvalue weighted by molar-refractivity contribution is 6.28. The van der Waals surface area contributed by atoms with Crippen molar-refractivity contribution in [2.24, 2.45) is 0 Å². The van der Waals surface area contributed by atoms with E-state index in [1.54, 1.807) is 12.1 Å². The summed E-state index contributed by atoms with van der Waals surface area (Å²) in [4.78, 5) is 12.1. The molecule has 1 heterocycles. The quantitative estimate of drug-likeness (QED) is 0.460. The fourth-order valence-electron chi connectivity index (χ4n) is 2.58. The van der Waals surface area contributed by atoms with Gasteiger partial charge in [0, 0.05) is 5.69 Å². The van der Waals surface area contributed by atoms with Crippen LogP contribution >= 0.6 is 11.6 Å². The Bertz CT molecular complexity index is 1090. The van der Waals surface area contributed by atoms with E-state index in [4.69, 9.17) is 16.3 Å². The van der Waals surface area contributed by atoms with Crippen molar-refractivity contribution in [2.45, 2.75) is 0 Å². The molecular formula is C21H14ClFN4O. The number of benzene rings is 3. The Labute approximate surface area is 165 Å². The van der Waals surface area contributed by atoms with Crippen molar-refractivity contribution in [2.75, 3.05) is 5.32 Å². The van der Waals surface area contributed by atoms with E-state index in [1.165, 1.54) is 12.1 Å². The van der Waals surface area contributed by atoms with E-state index in [0.29, 0.717) is 11.4 Å². The summed E-state index contributed by atoms with van der Waals surface area (Å²) in [5.41, 5.74) is 2.66. The maximum absolute atomic E-state index is 13.3. The Kier molecular flexibility index (Phi) is 5.12. The molecule has 0 unspecified atom stereocenters. The zero-order valence-electron chi connectivity index (χ0n) is 14.5. The highest BCUT2D eigenvalue weighted by atomic mass is 35.5. The fraction of sp³-hybridized carbons (Fsp3) is 0. The van der Waals surface area contributed by atoms with Crippen molar-refractivity contribution in [1.82, 2.24) is 15.0 Å². The van der Waals surface area contributed by atoms with Gasteiger partial charge in [-0.05, 0) is 53.1 Å².